The fraction of sp³-hybridized carbons (Fsp3) is 0.562. The Morgan fingerprint density at radius 1 is 1.05 bits per heavy atom. The van der Waals surface area contributed by atoms with Gasteiger partial charge in [0.15, 0.2) is 0 Å². The SMILES string of the molecule is CCN(CC)c1ccc(C2=C(O)/C(=C3/C(=O)N(C(C)C4CCCC4)N=C3C)C2=O)c(NC(=O)CC2CCCC2)c1. The van der Waals surface area contributed by atoms with Gasteiger partial charge in [-0.3, -0.25) is 14.4 Å². The van der Waals surface area contributed by atoms with Crippen LogP contribution in [-0.2, 0) is 14.4 Å². The number of aliphatic hydroxyl groups excluding tert-OH is 1. The average molecular weight is 547 g/mol. The van der Waals surface area contributed by atoms with Gasteiger partial charge in [0.05, 0.1) is 34.2 Å². The number of hydrogen-bond acceptors (Lipinski definition) is 6. The number of hydrazone groups is 1. The Hall–Kier alpha value is -3.42. The van der Waals surface area contributed by atoms with Crippen LogP contribution in [0, 0.1) is 11.8 Å². The molecule has 0 aromatic heterocycles. The van der Waals surface area contributed by atoms with E-state index in [9.17, 15) is 19.5 Å². The fourth-order valence-corrected chi connectivity index (χ4v) is 6.93. The third kappa shape index (κ3) is 5.08. The molecule has 4 aliphatic rings. The Morgan fingerprint density at radius 3 is 2.33 bits per heavy atom. The van der Waals surface area contributed by atoms with Crippen LogP contribution in [0.25, 0.3) is 5.57 Å². The molecule has 2 fully saturated rings. The summed E-state index contributed by atoms with van der Waals surface area (Å²) in [5.41, 5.74) is 2.70. The van der Waals surface area contributed by atoms with E-state index >= 15 is 0 Å². The summed E-state index contributed by atoms with van der Waals surface area (Å²) in [5, 5.41) is 20.3. The minimum Gasteiger partial charge on any atom is -0.506 e. The number of anilines is 2. The summed E-state index contributed by atoms with van der Waals surface area (Å²) in [5.74, 6) is -0.239. The van der Waals surface area contributed by atoms with Gasteiger partial charge in [-0.1, -0.05) is 25.7 Å². The molecule has 0 bridgehead atoms. The first-order valence-electron chi connectivity index (χ1n) is 15.1. The molecule has 1 aliphatic heterocycles. The van der Waals surface area contributed by atoms with Crippen LogP contribution in [0.2, 0.25) is 0 Å². The zero-order chi connectivity index (χ0) is 28.6. The number of allylic oxidation sites excluding steroid dienone is 2. The molecule has 8 nitrogen and oxygen atoms in total. The topological polar surface area (TPSA) is 102 Å². The third-order valence-corrected chi connectivity index (χ3v) is 9.31. The van der Waals surface area contributed by atoms with E-state index in [0.29, 0.717) is 35.2 Å². The lowest BCUT2D eigenvalue weighted by atomic mass is 9.79. The van der Waals surface area contributed by atoms with E-state index in [4.69, 9.17) is 0 Å². The summed E-state index contributed by atoms with van der Waals surface area (Å²) in [6.45, 7) is 9.46. The molecular formula is C32H42N4O4. The lowest BCUT2D eigenvalue weighted by Gasteiger charge is -2.28. The predicted molar refractivity (Wildman–Crippen MR) is 158 cm³/mol. The molecule has 0 radical (unpaired) electrons. The van der Waals surface area contributed by atoms with E-state index in [0.717, 1.165) is 70.1 Å². The van der Waals surface area contributed by atoms with E-state index in [1.807, 2.05) is 19.1 Å². The summed E-state index contributed by atoms with van der Waals surface area (Å²) in [6, 6.07) is 5.52. The van der Waals surface area contributed by atoms with Gasteiger partial charge in [-0.2, -0.15) is 5.10 Å². The van der Waals surface area contributed by atoms with E-state index in [-0.39, 0.29) is 40.3 Å². The van der Waals surface area contributed by atoms with Crippen LogP contribution >= 0.6 is 0 Å². The molecule has 40 heavy (non-hydrogen) atoms. The van der Waals surface area contributed by atoms with Crippen molar-refractivity contribution in [1.82, 2.24) is 5.01 Å². The summed E-state index contributed by atoms with van der Waals surface area (Å²) >= 11 is 0. The van der Waals surface area contributed by atoms with Crippen LogP contribution < -0.4 is 10.2 Å². The maximum absolute atomic E-state index is 13.6. The second-order valence-electron chi connectivity index (χ2n) is 11.7. The molecule has 0 saturated heterocycles. The van der Waals surface area contributed by atoms with Crippen molar-refractivity contribution >= 4 is 40.3 Å². The number of benzene rings is 1. The van der Waals surface area contributed by atoms with Gasteiger partial charge in [-0.25, -0.2) is 5.01 Å². The number of hydrogen-bond donors (Lipinski definition) is 2. The van der Waals surface area contributed by atoms with Crippen LogP contribution in [0.15, 0.2) is 40.2 Å². The van der Waals surface area contributed by atoms with Crippen molar-refractivity contribution in [3.63, 3.8) is 0 Å². The van der Waals surface area contributed by atoms with Crippen molar-refractivity contribution in [1.29, 1.82) is 0 Å². The minimum atomic E-state index is -0.396. The zero-order valence-corrected chi connectivity index (χ0v) is 24.3. The average Bonchev–Trinajstić information content (AvgIpc) is 3.70. The second-order valence-corrected chi connectivity index (χ2v) is 11.7. The Balaban J connectivity index is 1.47. The number of carbonyl (C=O) groups excluding carboxylic acids is 3. The van der Waals surface area contributed by atoms with E-state index in [1.54, 1.807) is 13.0 Å². The van der Waals surface area contributed by atoms with Gasteiger partial charge in [-0.15, -0.1) is 0 Å². The van der Waals surface area contributed by atoms with Crippen LogP contribution in [-0.4, -0.2) is 52.6 Å². The van der Waals surface area contributed by atoms with Crippen molar-refractivity contribution in [3.05, 3.63) is 40.7 Å². The summed E-state index contributed by atoms with van der Waals surface area (Å²) in [6.07, 6.45) is 9.34. The fourth-order valence-electron chi connectivity index (χ4n) is 6.93. The maximum Gasteiger partial charge on any atom is 0.277 e. The number of nitrogens with zero attached hydrogens (tertiary/aromatic N) is 3. The molecule has 1 atom stereocenters. The quantitative estimate of drug-likeness (QED) is 0.370. The molecule has 1 heterocycles. The van der Waals surface area contributed by atoms with Gasteiger partial charge in [0.1, 0.15) is 5.76 Å². The highest BCUT2D eigenvalue weighted by Crippen LogP contribution is 2.44. The molecule has 2 saturated carbocycles. The van der Waals surface area contributed by atoms with Crippen LogP contribution in [0.3, 0.4) is 0 Å². The van der Waals surface area contributed by atoms with Gasteiger partial charge in [0.2, 0.25) is 11.7 Å². The number of carbonyl (C=O) groups is 3. The van der Waals surface area contributed by atoms with Crippen LogP contribution in [0.5, 0.6) is 0 Å². The van der Waals surface area contributed by atoms with Crippen molar-refractivity contribution in [3.8, 4) is 0 Å². The first-order chi connectivity index (χ1) is 19.2. The van der Waals surface area contributed by atoms with Crippen LogP contribution in [0.1, 0.15) is 91.0 Å². The standard InChI is InChI=1S/C32H42N4O4/c1-5-35(6-2)23-15-16-24(25(18-23)33-26(37)17-21-11-7-8-12-21)28-30(38)29(31(28)39)27-19(3)34-36(32(27)40)20(4)22-13-9-10-14-22/h15-16,18,20-22,38H,5-14,17H2,1-4H3,(H,33,37)/b29-27-. The molecule has 2 amide bonds. The molecular weight excluding hydrogens is 504 g/mol. The highest BCUT2D eigenvalue weighted by Gasteiger charge is 2.45. The van der Waals surface area contributed by atoms with Crippen molar-refractivity contribution in [2.24, 2.45) is 16.9 Å². The first-order valence-corrected chi connectivity index (χ1v) is 15.1. The van der Waals surface area contributed by atoms with Crippen molar-refractivity contribution < 1.29 is 19.5 Å². The molecule has 8 heteroatoms. The number of ketones is 1. The number of rotatable bonds is 9. The first kappa shape index (κ1) is 28.1. The lowest BCUT2D eigenvalue weighted by Crippen LogP contribution is -2.37. The highest BCUT2D eigenvalue weighted by atomic mass is 16.3. The number of amides is 2. The molecule has 214 valence electrons. The monoisotopic (exact) mass is 546 g/mol. The Bertz CT molecular complexity index is 1290. The minimum absolute atomic E-state index is 0.0263. The highest BCUT2D eigenvalue weighted by molar-refractivity contribution is 6.44. The van der Waals surface area contributed by atoms with Gasteiger partial charge < -0.3 is 15.3 Å². The largest absolute Gasteiger partial charge is 0.506 e. The zero-order valence-electron chi connectivity index (χ0n) is 24.3. The van der Waals surface area contributed by atoms with E-state index < -0.39 is 5.78 Å². The van der Waals surface area contributed by atoms with Gasteiger partial charge >= 0.3 is 0 Å². The van der Waals surface area contributed by atoms with Crippen LogP contribution in [0.4, 0.5) is 11.4 Å². The van der Waals surface area contributed by atoms with Crippen molar-refractivity contribution in [2.45, 2.75) is 91.5 Å². The Labute approximate surface area is 237 Å². The third-order valence-electron chi connectivity index (χ3n) is 9.31. The summed E-state index contributed by atoms with van der Waals surface area (Å²) < 4.78 is 0. The maximum atomic E-state index is 13.6. The molecule has 1 aromatic rings. The van der Waals surface area contributed by atoms with Gasteiger partial charge in [0, 0.05) is 30.8 Å². The van der Waals surface area contributed by atoms with Gasteiger partial charge in [-0.05, 0) is 83.4 Å². The molecule has 0 spiro atoms. The molecule has 1 aromatic carbocycles. The normalized spacial score (nSPS) is 22.7. The summed E-state index contributed by atoms with van der Waals surface area (Å²) in [4.78, 5) is 42.3. The molecule has 2 N–H and O–H groups in total. The smallest absolute Gasteiger partial charge is 0.277 e. The molecule has 1 unspecified atom stereocenters. The van der Waals surface area contributed by atoms with E-state index in [2.05, 4.69) is 29.2 Å². The van der Waals surface area contributed by atoms with Gasteiger partial charge in [0.25, 0.3) is 5.91 Å². The number of aliphatic hydroxyl groups is 1. The Kier molecular flexibility index (Phi) is 8.15. The molecule has 3 aliphatic carbocycles. The summed E-state index contributed by atoms with van der Waals surface area (Å²) in [7, 11) is 0. The molecule has 5 rings (SSSR count). The lowest BCUT2D eigenvalue weighted by molar-refractivity contribution is -0.129. The Morgan fingerprint density at radius 2 is 1.70 bits per heavy atom. The number of nitrogens with one attached hydrogen (secondary N) is 1. The van der Waals surface area contributed by atoms with Crippen molar-refractivity contribution in [2.75, 3.05) is 23.3 Å². The number of Topliss-reactive ketones (excluding diaryl/α,β-unsaturated/α-hetero) is 1. The van der Waals surface area contributed by atoms with E-state index in [1.165, 1.54) is 5.01 Å². The second kappa shape index (κ2) is 11.6. The predicted octanol–water partition coefficient (Wildman–Crippen LogP) is 6.00.